The van der Waals surface area contributed by atoms with Crippen molar-refractivity contribution in [3.63, 3.8) is 0 Å². The predicted molar refractivity (Wildman–Crippen MR) is 75.4 cm³/mol. The van der Waals surface area contributed by atoms with Gasteiger partial charge in [0.25, 0.3) is 0 Å². The van der Waals surface area contributed by atoms with Crippen molar-refractivity contribution in [2.24, 2.45) is 23.7 Å². The molecule has 2 bridgehead atoms. The van der Waals surface area contributed by atoms with Crippen LogP contribution >= 0.6 is 11.6 Å². The van der Waals surface area contributed by atoms with Crippen molar-refractivity contribution in [1.82, 2.24) is 0 Å². The van der Waals surface area contributed by atoms with Gasteiger partial charge in [-0.15, -0.1) is 0 Å². The van der Waals surface area contributed by atoms with Crippen molar-refractivity contribution < 1.29 is 19.1 Å². The van der Waals surface area contributed by atoms with Crippen LogP contribution in [0.15, 0.2) is 30.4 Å². The molecule has 1 aromatic rings. The number of rotatable bonds is 3. The number of fused-ring (bicyclic) bond motifs is 2. The number of nitrogens with one attached hydrogen (secondary N) is 1. The molecule has 1 saturated carbocycles. The van der Waals surface area contributed by atoms with E-state index in [2.05, 4.69) is 5.32 Å². The average Bonchev–Trinajstić information content (AvgIpc) is 3.04. The summed E-state index contributed by atoms with van der Waals surface area (Å²) in [4.78, 5) is 23.7. The van der Waals surface area contributed by atoms with Crippen LogP contribution in [0.2, 0.25) is 5.02 Å². The summed E-state index contributed by atoms with van der Waals surface area (Å²) in [6, 6.07) is 4.31. The molecule has 0 spiro atoms. The summed E-state index contributed by atoms with van der Waals surface area (Å²) in [6.07, 6.45) is 4.39. The molecule has 2 aliphatic carbocycles. The van der Waals surface area contributed by atoms with E-state index in [1.54, 1.807) is 0 Å². The van der Waals surface area contributed by atoms with Crippen molar-refractivity contribution >= 4 is 29.2 Å². The highest BCUT2D eigenvalue weighted by molar-refractivity contribution is 6.31. The Morgan fingerprint density at radius 3 is 2.57 bits per heavy atom. The number of hydrogen-bond donors (Lipinski definition) is 2. The normalized spacial score (nSPS) is 29.6. The van der Waals surface area contributed by atoms with Gasteiger partial charge in [0.05, 0.1) is 22.5 Å². The molecular formula is C15H13ClFNO3. The third kappa shape index (κ3) is 2.31. The maximum atomic E-state index is 13.8. The first-order valence-corrected chi connectivity index (χ1v) is 7.03. The van der Waals surface area contributed by atoms with E-state index in [-0.39, 0.29) is 22.5 Å². The lowest BCUT2D eigenvalue weighted by Gasteiger charge is -2.24. The highest BCUT2D eigenvalue weighted by Gasteiger charge is 2.51. The molecule has 1 fully saturated rings. The van der Waals surface area contributed by atoms with Crippen LogP contribution < -0.4 is 5.32 Å². The molecule has 0 saturated heterocycles. The first-order valence-electron chi connectivity index (χ1n) is 6.65. The first-order chi connectivity index (χ1) is 9.99. The number of benzene rings is 1. The molecule has 110 valence electrons. The van der Waals surface area contributed by atoms with E-state index in [4.69, 9.17) is 11.6 Å². The Hall–Kier alpha value is -1.88. The second-order valence-corrected chi connectivity index (χ2v) is 5.84. The molecule has 0 aromatic heterocycles. The summed E-state index contributed by atoms with van der Waals surface area (Å²) in [5.41, 5.74) is -0.0246. The summed E-state index contributed by atoms with van der Waals surface area (Å²) in [5, 5.41) is 11.7. The van der Waals surface area contributed by atoms with Gasteiger partial charge in [-0.25, -0.2) is 4.39 Å². The van der Waals surface area contributed by atoms with Crippen LogP contribution in [0.1, 0.15) is 6.42 Å². The zero-order chi connectivity index (χ0) is 15.1. The summed E-state index contributed by atoms with van der Waals surface area (Å²) >= 11 is 5.67. The molecule has 2 aliphatic rings. The lowest BCUT2D eigenvalue weighted by Crippen LogP contribution is -2.36. The Morgan fingerprint density at radius 2 is 1.90 bits per heavy atom. The van der Waals surface area contributed by atoms with E-state index in [0.717, 1.165) is 0 Å². The predicted octanol–water partition coefficient (Wildman–Crippen LogP) is 2.94. The topological polar surface area (TPSA) is 66.4 Å². The van der Waals surface area contributed by atoms with Crippen molar-refractivity contribution in [1.29, 1.82) is 0 Å². The monoisotopic (exact) mass is 309 g/mol. The standard InChI is InChI=1S/C15H13ClFNO3/c16-9-2-1-3-10(13(9)17)18-14(19)11-7-4-5-8(6-7)12(11)15(20)21/h1-5,7-8,11-12H,6H2,(H,18,19)(H,20,21). The van der Waals surface area contributed by atoms with Crippen LogP contribution in [0.5, 0.6) is 0 Å². The highest BCUT2D eigenvalue weighted by atomic mass is 35.5. The summed E-state index contributed by atoms with van der Waals surface area (Å²) < 4.78 is 13.8. The van der Waals surface area contributed by atoms with Gasteiger partial charge < -0.3 is 10.4 Å². The lowest BCUT2D eigenvalue weighted by atomic mass is 9.82. The Kier molecular flexibility index (Phi) is 3.45. The van der Waals surface area contributed by atoms with Gasteiger partial charge in [-0.2, -0.15) is 0 Å². The van der Waals surface area contributed by atoms with Gasteiger partial charge in [-0.3, -0.25) is 9.59 Å². The molecule has 0 heterocycles. The van der Waals surface area contributed by atoms with Crippen LogP contribution in [0.25, 0.3) is 0 Å². The van der Waals surface area contributed by atoms with E-state index in [9.17, 15) is 19.1 Å². The molecule has 1 aromatic carbocycles. The van der Waals surface area contributed by atoms with Gasteiger partial charge in [-0.1, -0.05) is 29.8 Å². The summed E-state index contributed by atoms with van der Waals surface area (Å²) in [7, 11) is 0. The van der Waals surface area contributed by atoms with E-state index < -0.39 is 29.5 Å². The molecule has 6 heteroatoms. The van der Waals surface area contributed by atoms with Crippen molar-refractivity contribution in [3.05, 3.63) is 41.2 Å². The quantitative estimate of drug-likeness (QED) is 0.844. The van der Waals surface area contributed by atoms with Gasteiger partial charge in [0.15, 0.2) is 5.82 Å². The van der Waals surface area contributed by atoms with Gasteiger partial charge in [0, 0.05) is 0 Å². The fourth-order valence-electron chi connectivity index (χ4n) is 3.33. The Morgan fingerprint density at radius 1 is 1.24 bits per heavy atom. The smallest absolute Gasteiger partial charge is 0.307 e. The van der Waals surface area contributed by atoms with E-state index >= 15 is 0 Å². The third-order valence-electron chi connectivity index (χ3n) is 4.26. The van der Waals surface area contributed by atoms with Crippen LogP contribution in [0.4, 0.5) is 10.1 Å². The maximum absolute atomic E-state index is 13.8. The van der Waals surface area contributed by atoms with Crippen molar-refractivity contribution in [3.8, 4) is 0 Å². The fraction of sp³-hybridized carbons (Fsp3) is 0.333. The molecule has 0 aliphatic heterocycles. The van der Waals surface area contributed by atoms with Crippen LogP contribution in [-0.2, 0) is 9.59 Å². The van der Waals surface area contributed by atoms with Crippen LogP contribution in [-0.4, -0.2) is 17.0 Å². The molecule has 4 unspecified atom stereocenters. The van der Waals surface area contributed by atoms with Gasteiger partial charge in [0.2, 0.25) is 5.91 Å². The average molecular weight is 310 g/mol. The highest BCUT2D eigenvalue weighted by Crippen LogP contribution is 2.48. The number of halogens is 2. The largest absolute Gasteiger partial charge is 0.481 e. The third-order valence-corrected chi connectivity index (χ3v) is 4.55. The molecule has 21 heavy (non-hydrogen) atoms. The molecule has 4 nitrogen and oxygen atoms in total. The number of aliphatic carboxylic acids is 1. The Labute approximate surface area is 125 Å². The number of anilines is 1. The molecule has 2 N–H and O–H groups in total. The van der Waals surface area contributed by atoms with Gasteiger partial charge in [-0.05, 0) is 30.4 Å². The fourth-order valence-corrected chi connectivity index (χ4v) is 3.51. The molecule has 0 radical (unpaired) electrons. The SMILES string of the molecule is O=C(O)C1C2C=CC(C2)C1C(=O)Nc1cccc(Cl)c1F. The minimum atomic E-state index is -0.987. The number of hydrogen-bond acceptors (Lipinski definition) is 2. The second-order valence-electron chi connectivity index (χ2n) is 5.43. The zero-order valence-electron chi connectivity index (χ0n) is 10.9. The molecule has 3 rings (SSSR count). The van der Waals surface area contributed by atoms with Crippen molar-refractivity contribution in [2.75, 3.05) is 5.32 Å². The van der Waals surface area contributed by atoms with Gasteiger partial charge >= 0.3 is 5.97 Å². The zero-order valence-corrected chi connectivity index (χ0v) is 11.7. The van der Waals surface area contributed by atoms with Gasteiger partial charge in [0.1, 0.15) is 0 Å². The van der Waals surface area contributed by atoms with E-state index in [0.29, 0.717) is 6.42 Å². The molecule has 4 atom stereocenters. The molecular weight excluding hydrogens is 297 g/mol. The number of carboxylic acids is 1. The Balaban J connectivity index is 1.84. The lowest BCUT2D eigenvalue weighted by molar-refractivity contribution is -0.146. The van der Waals surface area contributed by atoms with Crippen LogP contribution in [0.3, 0.4) is 0 Å². The minimum absolute atomic E-state index is 0.0246. The minimum Gasteiger partial charge on any atom is -0.481 e. The number of carbonyl (C=O) groups is 2. The number of carbonyl (C=O) groups excluding carboxylic acids is 1. The number of carboxylic acid groups (broad SMARTS) is 1. The summed E-state index contributed by atoms with van der Waals surface area (Å²) in [5.74, 6) is -3.80. The number of allylic oxidation sites excluding steroid dienone is 2. The summed E-state index contributed by atoms with van der Waals surface area (Å²) in [6.45, 7) is 0. The van der Waals surface area contributed by atoms with Crippen molar-refractivity contribution in [2.45, 2.75) is 6.42 Å². The maximum Gasteiger partial charge on any atom is 0.307 e. The van der Waals surface area contributed by atoms with E-state index in [1.807, 2.05) is 12.2 Å². The molecule has 1 amide bonds. The number of amides is 1. The Bertz CT molecular complexity index is 646. The van der Waals surface area contributed by atoms with Crippen LogP contribution in [0, 0.1) is 29.5 Å². The first kappa shape index (κ1) is 14.1. The second kappa shape index (κ2) is 5.15. The van der Waals surface area contributed by atoms with E-state index in [1.165, 1.54) is 18.2 Å².